The van der Waals surface area contributed by atoms with E-state index < -0.39 is 29.7 Å². The van der Waals surface area contributed by atoms with Crippen molar-refractivity contribution in [3.63, 3.8) is 0 Å². The zero-order valence-electron chi connectivity index (χ0n) is 10.9. The first-order valence-electron chi connectivity index (χ1n) is 6.23. The Morgan fingerprint density at radius 1 is 1.53 bits per heavy atom. The van der Waals surface area contributed by atoms with Gasteiger partial charge in [0.05, 0.1) is 12.7 Å². The summed E-state index contributed by atoms with van der Waals surface area (Å²) in [5, 5.41) is 18.7. The number of aliphatic hydroxyl groups is 2. The van der Waals surface area contributed by atoms with E-state index >= 15 is 0 Å². The van der Waals surface area contributed by atoms with E-state index in [1.165, 1.54) is 10.8 Å². The van der Waals surface area contributed by atoms with Crippen LogP contribution in [0.25, 0.3) is 0 Å². The third-order valence-corrected chi connectivity index (χ3v) is 3.31. The van der Waals surface area contributed by atoms with Crippen molar-refractivity contribution in [2.45, 2.75) is 44.6 Å². The van der Waals surface area contributed by atoms with Gasteiger partial charge in [0.15, 0.2) is 0 Å². The number of aromatic nitrogens is 2. The SMILES string of the molecule is CC(C)c1cn([C@H]2C[C@@H](O)[C@@H](CO)O2)c(=O)[nH]c1=O. The summed E-state index contributed by atoms with van der Waals surface area (Å²) in [5.74, 6) is -0.0319. The van der Waals surface area contributed by atoms with Crippen molar-refractivity contribution >= 4 is 0 Å². The maximum absolute atomic E-state index is 11.8. The molecule has 3 atom stereocenters. The Morgan fingerprint density at radius 3 is 2.74 bits per heavy atom. The molecule has 2 rings (SSSR count). The molecule has 1 fully saturated rings. The molecule has 1 aromatic heterocycles. The third kappa shape index (κ3) is 2.63. The van der Waals surface area contributed by atoms with Gasteiger partial charge in [0.25, 0.3) is 5.56 Å². The van der Waals surface area contributed by atoms with Crippen molar-refractivity contribution in [1.82, 2.24) is 9.55 Å². The quantitative estimate of drug-likeness (QED) is 0.673. The summed E-state index contributed by atoms with van der Waals surface area (Å²) < 4.78 is 6.66. The summed E-state index contributed by atoms with van der Waals surface area (Å²) in [7, 11) is 0. The van der Waals surface area contributed by atoms with Gasteiger partial charge in [-0.3, -0.25) is 14.3 Å². The van der Waals surface area contributed by atoms with Gasteiger partial charge in [-0.1, -0.05) is 13.8 Å². The Bertz CT molecular complexity index is 562. The van der Waals surface area contributed by atoms with Crippen molar-refractivity contribution in [3.05, 3.63) is 32.6 Å². The number of aliphatic hydroxyl groups excluding tert-OH is 2. The number of ether oxygens (including phenoxy) is 1. The highest BCUT2D eigenvalue weighted by molar-refractivity contribution is 5.09. The van der Waals surface area contributed by atoms with Crippen molar-refractivity contribution in [3.8, 4) is 0 Å². The van der Waals surface area contributed by atoms with Gasteiger partial charge < -0.3 is 14.9 Å². The molecule has 0 radical (unpaired) electrons. The van der Waals surface area contributed by atoms with Gasteiger partial charge in [-0.2, -0.15) is 0 Å². The number of aromatic amines is 1. The maximum Gasteiger partial charge on any atom is 0.330 e. The van der Waals surface area contributed by atoms with Gasteiger partial charge >= 0.3 is 5.69 Å². The topological polar surface area (TPSA) is 105 Å². The highest BCUT2D eigenvalue weighted by atomic mass is 16.5. The average molecular weight is 270 g/mol. The fraction of sp³-hybridized carbons (Fsp3) is 0.667. The molecular weight excluding hydrogens is 252 g/mol. The van der Waals surface area contributed by atoms with Gasteiger partial charge in [-0.25, -0.2) is 4.79 Å². The number of hydrogen-bond donors (Lipinski definition) is 3. The molecule has 1 aliphatic rings. The minimum Gasteiger partial charge on any atom is -0.394 e. The van der Waals surface area contributed by atoms with E-state index in [9.17, 15) is 14.7 Å². The predicted octanol–water partition coefficient (Wildman–Crippen LogP) is -0.699. The fourth-order valence-corrected chi connectivity index (χ4v) is 2.18. The van der Waals surface area contributed by atoms with Gasteiger partial charge in [-0.15, -0.1) is 0 Å². The molecule has 1 saturated heterocycles. The highest BCUT2D eigenvalue weighted by Gasteiger charge is 2.35. The normalized spacial score (nSPS) is 27.1. The molecule has 1 aliphatic heterocycles. The van der Waals surface area contributed by atoms with Gasteiger partial charge in [0.1, 0.15) is 12.3 Å². The van der Waals surface area contributed by atoms with E-state index in [0.717, 1.165) is 0 Å². The van der Waals surface area contributed by atoms with Crippen LogP contribution in [-0.4, -0.2) is 38.6 Å². The van der Waals surface area contributed by atoms with Crippen molar-refractivity contribution in [1.29, 1.82) is 0 Å². The number of rotatable bonds is 3. The Labute approximate surface area is 109 Å². The molecule has 0 bridgehead atoms. The summed E-state index contributed by atoms with van der Waals surface area (Å²) in [6.07, 6.45) is -0.533. The van der Waals surface area contributed by atoms with E-state index in [1.54, 1.807) is 0 Å². The van der Waals surface area contributed by atoms with Crippen LogP contribution in [0.2, 0.25) is 0 Å². The molecule has 7 nitrogen and oxygen atoms in total. The Balaban J connectivity index is 2.38. The van der Waals surface area contributed by atoms with E-state index in [1.807, 2.05) is 13.8 Å². The molecule has 2 heterocycles. The molecule has 0 aliphatic carbocycles. The lowest BCUT2D eigenvalue weighted by Crippen LogP contribution is -2.34. The minimum absolute atomic E-state index is 0.0319. The average Bonchev–Trinajstić information content (AvgIpc) is 2.69. The molecule has 7 heteroatoms. The molecule has 0 aromatic carbocycles. The van der Waals surface area contributed by atoms with Crippen LogP contribution in [0.5, 0.6) is 0 Å². The van der Waals surface area contributed by atoms with Crippen molar-refractivity contribution in [2.24, 2.45) is 0 Å². The minimum atomic E-state index is -0.823. The number of hydrogen-bond acceptors (Lipinski definition) is 5. The zero-order chi connectivity index (χ0) is 14.2. The van der Waals surface area contributed by atoms with Gasteiger partial charge in [0, 0.05) is 18.2 Å². The molecular formula is C12H18N2O5. The second-order valence-corrected chi connectivity index (χ2v) is 5.02. The van der Waals surface area contributed by atoms with E-state index in [0.29, 0.717) is 5.56 Å². The first-order valence-corrected chi connectivity index (χ1v) is 6.23. The van der Waals surface area contributed by atoms with Crippen LogP contribution < -0.4 is 11.2 Å². The van der Waals surface area contributed by atoms with Gasteiger partial charge in [0.2, 0.25) is 0 Å². The predicted molar refractivity (Wildman–Crippen MR) is 67.0 cm³/mol. The fourth-order valence-electron chi connectivity index (χ4n) is 2.18. The molecule has 0 amide bonds. The van der Waals surface area contributed by atoms with Gasteiger partial charge in [-0.05, 0) is 5.92 Å². The second-order valence-electron chi connectivity index (χ2n) is 5.02. The van der Waals surface area contributed by atoms with E-state index in [4.69, 9.17) is 9.84 Å². The molecule has 1 aromatic rings. The van der Waals surface area contributed by atoms with Crippen LogP contribution in [0, 0.1) is 0 Å². The largest absolute Gasteiger partial charge is 0.394 e. The molecule has 3 N–H and O–H groups in total. The number of H-pyrrole nitrogens is 1. The number of nitrogens with zero attached hydrogens (tertiary/aromatic N) is 1. The summed E-state index contributed by atoms with van der Waals surface area (Å²) in [4.78, 5) is 25.7. The van der Waals surface area contributed by atoms with E-state index in [-0.39, 0.29) is 18.9 Å². The second kappa shape index (κ2) is 5.28. The lowest BCUT2D eigenvalue weighted by Gasteiger charge is -2.16. The first kappa shape index (κ1) is 14.0. The van der Waals surface area contributed by atoms with Crippen LogP contribution in [0.15, 0.2) is 15.8 Å². The Kier molecular flexibility index (Phi) is 3.88. The number of nitrogens with one attached hydrogen (secondary N) is 1. The molecule has 19 heavy (non-hydrogen) atoms. The van der Waals surface area contributed by atoms with Crippen LogP contribution in [-0.2, 0) is 4.74 Å². The standard InChI is InChI=1S/C12H18N2O5/c1-6(2)7-4-14(12(18)13-11(7)17)10-3-8(16)9(5-15)19-10/h4,6,8-10,15-16H,3,5H2,1-2H3,(H,13,17,18)/t8-,9-,10-/m1/s1. The lowest BCUT2D eigenvalue weighted by atomic mass is 10.1. The Morgan fingerprint density at radius 2 is 2.21 bits per heavy atom. The lowest BCUT2D eigenvalue weighted by molar-refractivity contribution is -0.0460. The molecule has 106 valence electrons. The summed E-state index contributed by atoms with van der Waals surface area (Å²) in [5.41, 5.74) is -0.510. The highest BCUT2D eigenvalue weighted by Crippen LogP contribution is 2.27. The zero-order valence-corrected chi connectivity index (χ0v) is 10.9. The molecule has 0 saturated carbocycles. The van der Waals surface area contributed by atoms with Crippen molar-refractivity contribution < 1.29 is 14.9 Å². The van der Waals surface area contributed by atoms with Crippen LogP contribution in [0.3, 0.4) is 0 Å². The van der Waals surface area contributed by atoms with Crippen molar-refractivity contribution in [2.75, 3.05) is 6.61 Å². The smallest absolute Gasteiger partial charge is 0.330 e. The Hall–Kier alpha value is -1.44. The van der Waals surface area contributed by atoms with Crippen LogP contribution in [0.4, 0.5) is 0 Å². The summed E-state index contributed by atoms with van der Waals surface area (Å²) in [6, 6.07) is 0. The maximum atomic E-state index is 11.8. The monoisotopic (exact) mass is 270 g/mol. The van der Waals surface area contributed by atoms with E-state index in [2.05, 4.69) is 4.98 Å². The summed E-state index contributed by atoms with van der Waals surface area (Å²) in [6.45, 7) is 3.38. The third-order valence-electron chi connectivity index (χ3n) is 3.31. The first-order chi connectivity index (χ1) is 8.93. The molecule has 0 unspecified atom stereocenters. The van der Waals surface area contributed by atoms with Crippen LogP contribution >= 0.6 is 0 Å². The summed E-state index contributed by atoms with van der Waals surface area (Å²) >= 11 is 0. The molecule has 0 spiro atoms. The van der Waals surface area contributed by atoms with Crippen LogP contribution in [0.1, 0.15) is 38.0 Å².